The zero-order chi connectivity index (χ0) is 19.7. The van der Waals surface area contributed by atoms with E-state index in [0.717, 1.165) is 42.4 Å². The number of hydrogen-bond donors (Lipinski definition) is 3. The summed E-state index contributed by atoms with van der Waals surface area (Å²) in [4.78, 5) is 12.9. The van der Waals surface area contributed by atoms with Crippen molar-refractivity contribution in [2.45, 2.75) is 46.5 Å². The highest BCUT2D eigenvalue weighted by molar-refractivity contribution is 14.0. The average molecular weight is 502 g/mol. The molecule has 9 heteroatoms. The largest absolute Gasteiger partial charge is 0.368 e. The first kappa shape index (κ1) is 24.4. The summed E-state index contributed by atoms with van der Waals surface area (Å²) in [6.45, 7) is 9.22. The molecule has 0 saturated carbocycles. The Kier molecular flexibility index (Phi) is 10.5. The molecular formula is C19H35IN8. The van der Waals surface area contributed by atoms with Gasteiger partial charge in [0, 0.05) is 33.7 Å². The SMILES string of the molecule is CCCCCC(C)(C)CNC(=NC)NCCNc1ncnc2c1cnn2C.I. The van der Waals surface area contributed by atoms with Gasteiger partial charge in [0.2, 0.25) is 0 Å². The van der Waals surface area contributed by atoms with E-state index in [1.165, 1.54) is 25.7 Å². The Bertz CT molecular complexity index is 741. The molecule has 28 heavy (non-hydrogen) atoms. The minimum Gasteiger partial charge on any atom is -0.368 e. The molecule has 0 unspecified atom stereocenters. The van der Waals surface area contributed by atoms with Crippen LogP contribution in [0.3, 0.4) is 0 Å². The van der Waals surface area contributed by atoms with Crippen LogP contribution in [0.2, 0.25) is 0 Å². The molecule has 3 N–H and O–H groups in total. The second kappa shape index (κ2) is 12.0. The van der Waals surface area contributed by atoms with Crippen LogP contribution in [0.15, 0.2) is 17.5 Å². The van der Waals surface area contributed by atoms with Crippen molar-refractivity contribution < 1.29 is 0 Å². The Labute approximate surface area is 185 Å². The molecule has 2 aromatic rings. The van der Waals surface area contributed by atoms with E-state index in [1.807, 2.05) is 7.05 Å². The topological polar surface area (TPSA) is 92.1 Å². The van der Waals surface area contributed by atoms with Gasteiger partial charge in [-0.25, -0.2) is 9.97 Å². The molecule has 0 saturated heterocycles. The molecule has 158 valence electrons. The van der Waals surface area contributed by atoms with E-state index in [9.17, 15) is 0 Å². The summed E-state index contributed by atoms with van der Waals surface area (Å²) in [6, 6.07) is 0. The highest BCUT2D eigenvalue weighted by Crippen LogP contribution is 2.22. The zero-order valence-electron chi connectivity index (χ0n) is 17.7. The number of nitrogens with one attached hydrogen (secondary N) is 3. The number of aryl methyl sites for hydroxylation is 1. The first-order valence-electron chi connectivity index (χ1n) is 9.78. The van der Waals surface area contributed by atoms with Gasteiger partial charge in [0.15, 0.2) is 11.6 Å². The van der Waals surface area contributed by atoms with Gasteiger partial charge in [0.1, 0.15) is 12.1 Å². The first-order valence-corrected chi connectivity index (χ1v) is 9.78. The van der Waals surface area contributed by atoms with E-state index >= 15 is 0 Å². The summed E-state index contributed by atoms with van der Waals surface area (Å²) < 4.78 is 1.74. The van der Waals surface area contributed by atoms with Crippen molar-refractivity contribution in [1.82, 2.24) is 30.4 Å². The quantitative estimate of drug-likeness (QED) is 0.200. The van der Waals surface area contributed by atoms with E-state index in [0.29, 0.717) is 0 Å². The van der Waals surface area contributed by atoms with Crippen LogP contribution in [0.1, 0.15) is 46.5 Å². The lowest BCUT2D eigenvalue weighted by Gasteiger charge is -2.26. The lowest BCUT2D eigenvalue weighted by atomic mass is 9.87. The highest BCUT2D eigenvalue weighted by Gasteiger charge is 2.17. The molecule has 0 aromatic carbocycles. The van der Waals surface area contributed by atoms with Crippen LogP contribution in [0.5, 0.6) is 0 Å². The third-order valence-corrected chi connectivity index (χ3v) is 4.65. The Morgan fingerprint density at radius 1 is 1.18 bits per heavy atom. The summed E-state index contributed by atoms with van der Waals surface area (Å²) in [5.74, 6) is 1.63. The summed E-state index contributed by atoms with van der Waals surface area (Å²) >= 11 is 0. The third-order valence-electron chi connectivity index (χ3n) is 4.65. The average Bonchev–Trinajstić information content (AvgIpc) is 3.03. The van der Waals surface area contributed by atoms with E-state index in [-0.39, 0.29) is 29.4 Å². The molecule has 2 rings (SSSR count). The number of unbranched alkanes of at least 4 members (excludes halogenated alkanes) is 2. The van der Waals surface area contributed by atoms with Gasteiger partial charge < -0.3 is 16.0 Å². The van der Waals surface area contributed by atoms with Crippen molar-refractivity contribution in [3.63, 3.8) is 0 Å². The summed E-state index contributed by atoms with van der Waals surface area (Å²) in [5.41, 5.74) is 1.08. The van der Waals surface area contributed by atoms with E-state index in [1.54, 1.807) is 24.3 Å². The van der Waals surface area contributed by atoms with Gasteiger partial charge in [0.25, 0.3) is 0 Å². The molecule has 0 aliphatic carbocycles. The van der Waals surface area contributed by atoms with Gasteiger partial charge in [-0.2, -0.15) is 5.10 Å². The normalized spacial score (nSPS) is 12.0. The summed E-state index contributed by atoms with van der Waals surface area (Å²) in [7, 11) is 3.68. The van der Waals surface area contributed by atoms with Crippen molar-refractivity contribution in [3.8, 4) is 0 Å². The molecule has 2 heterocycles. The first-order chi connectivity index (χ1) is 13.0. The highest BCUT2D eigenvalue weighted by atomic mass is 127. The Morgan fingerprint density at radius 2 is 1.96 bits per heavy atom. The van der Waals surface area contributed by atoms with Crippen LogP contribution in [0, 0.1) is 5.41 Å². The van der Waals surface area contributed by atoms with Gasteiger partial charge >= 0.3 is 0 Å². The van der Waals surface area contributed by atoms with Gasteiger partial charge in [-0.3, -0.25) is 9.67 Å². The van der Waals surface area contributed by atoms with Gasteiger partial charge in [-0.05, 0) is 11.8 Å². The molecule has 0 bridgehead atoms. The molecule has 0 radical (unpaired) electrons. The fourth-order valence-electron chi connectivity index (χ4n) is 2.95. The lowest BCUT2D eigenvalue weighted by Crippen LogP contribution is -2.43. The minimum absolute atomic E-state index is 0. The molecule has 0 aliphatic rings. The monoisotopic (exact) mass is 502 g/mol. The van der Waals surface area contributed by atoms with Crippen LogP contribution >= 0.6 is 24.0 Å². The van der Waals surface area contributed by atoms with E-state index in [2.05, 4.69) is 56.8 Å². The van der Waals surface area contributed by atoms with Crippen LogP contribution in [-0.4, -0.2) is 52.4 Å². The molecule has 0 spiro atoms. The predicted octanol–water partition coefficient (Wildman–Crippen LogP) is 3.16. The van der Waals surface area contributed by atoms with Crippen molar-refractivity contribution in [1.29, 1.82) is 0 Å². The van der Waals surface area contributed by atoms with Crippen molar-refractivity contribution in [3.05, 3.63) is 12.5 Å². The van der Waals surface area contributed by atoms with Gasteiger partial charge in [-0.15, -0.1) is 24.0 Å². The van der Waals surface area contributed by atoms with Crippen LogP contribution in [-0.2, 0) is 7.05 Å². The zero-order valence-corrected chi connectivity index (χ0v) is 20.1. The maximum atomic E-state index is 4.31. The van der Waals surface area contributed by atoms with E-state index < -0.39 is 0 Å². The van der Waals surface area contributed by atoms with Crippen LogP contribution in [0.25, 0.3) is 11.0 Å². The Hall–Kier alpha value is -1.65. The fourth-order valence-corrected chi connectivity index (χ4v) is 2.95. The molecule has 0 amide bonds. The number of aliphatic imine (C=N–C) groups is 1. The van der Waals surface area contributed by atoms with E-state index in [4.69, 9.17) is 0 Å². The maximum Gasteiger partial charge on any atom is 0.191 e. The maximum absolute atomic E-state index is 4.31. The number of hydrogen-bond acceptors (Lipinski definition) is 5. The Morgan fingerprint density at radius 3 is 2.68 bits per heavy atom. The van der Waals surface area contributed by atoms with Gasteiger partial charge in [-0.1, -0.05) is 40.0 Å². The number of halogens is 1. The summed E-state index contributed by atoms with van der Waals surface area (Å²) in [6.07, 6.45) is 8.41. The van der Waals surface area contributed by atoms with Crippen LogP contribution < -0.4 is 16.0 Å². The molecular weight excluding hydrogens is 467 g/mol. The van der Waals surface area contributed by atoms with Crippen LogP contribution in [0.4, 0.5) is 5.82 Å². The molecule has 0 atom stereocenters. The number of fused-ring (bicyclic) bond motifs is 1. The molecule has 8 nitrogen and oxygen atoms in total. The minimum atomic E-state index is 0. The number of aromatic nitrogens is 4. The standard InChI is InChI=1S/C19H34N8.HI/c1-6-7-8-9-19(2,3)13-23-18(20-4)22-11-10-21-16-15-12-26-27(5)17(15)25-14-24-16;/h12,14H,6-11,13H2,1-5H3,(H2,20,22,23)(H,21,24,25);1H. The van der Waals surface area contributed by atoms with Crippen molar-refractivity contribution in [2.24, 2.45) is 17.5 Å². The number of rotatable bonds is 10. The van der Waals surface area contributed by atoms with Crippen molar-refractivity contribution >= 4 is 46.8 Å². The fraction of sp³-hybridized carbons (Fsp3) is 0.684. The smallest absolute Gasteiger partial charge is 0.191 e. The molecule has 0 fully saturated rings. The summed E-state index contributed by atoms with van der Waals surface area (Å²) in [5, 5.41) is 15.3. The molecule has 0 aliphatic heterocycles. The number of anilines is 1. The third kappa shape index (κ3) is 7.40. The second-order valence-corrected chi connectivity index (χ2v) is 7.63. The number of nitrogens with zero attached hydrogens (tertiary/aromatic N) is 5. The van der Waals surface area contributed by atoms with Crippen molar-refractivity contribution in [2.75, 3.05) is 32.0 Å². The second-order valence-electron chi connectivity index (χ2n) is 7.63. The molecule has 2 aromatic heterocycles. The lowest BCUT2D eigenvalue weighted by molar-refractivity contribution is 0.318. The number of guanidine groups is 1. The predicted molar refractivity (Wildman–Crippen MR) is 127 cm³/mol. The Balaban J connectivity index is 0.00000392. The van der Waals surface area contributed by atoms with Gasteiger partial charge in [0.05, 0.1) is 11.6 Å².